The number of benzene rings is 2. The van der Waals surface area contributed by atoms with E-state index in [1.165, 1.54) is 6.92 Å². The highest BCUT2D eigenvalue weighted by molar-refractivity contribution is 7.87. The lowest BCUT2D eigenvalue weighted by atomic mass is 9.92. The van der Waals surface area contributed by atoms with Crippen molar-refractivity contribution in [2.24, 2.45) is 0 Å². The highest BCUT2D eigenvalue weighted by Gasteiger charge is 2.23. The van der Waals surface area contributed by atoms with Crippen LogP contribution in [0.2, 0.25) is 0 Å². The second-order valence-corrected chi connectivity index (χ2v) is 10.9. The first-order valence-electron chi connectivity index (χ1n) is 11.7. The van der Waals surface area contributed by atoms with E-state index in [0.29, 0.717) is 6.54 Å². The van der Waals surface area contributed by atoms with Crippen molar-refractivity contribution in [3.05, 3.63) is 59.2 Å². The van der Waals surface area contributed by atoms with Crippen LogP contribution in [0.4, 0.5) is 10.5 Å². The van der Waals surface area contributed by atoms with Crippen LogP contribution in [0.3, 0.4) is 0 Å². The quantitative estimate of drug-likeness (QED) is 0.399. The molecule has 0 aliphatic rings. The topological polar surface area (TPSA) is 75.7 Å². The summed E-state index contributed by atoms with van der Waals surface area (Å²) < 4.78 is 28.4. The Morgan fingerprint density at radius 2 is 1.48 bits per heavy atom. The predicted octanol–water partition coefficient (Wildman–Crippen LogP) is 6.49. The zero-order chi connectivity index (χ0) is 24.8. The number of carbonyl (C=O) groups excluding carboxylic acids is 1. The number of nitrogens with zero attached hydrogens (tertiary/aromatic N) is 1. The summed E-state index contributed by atoms with van der Waals surface area (Å²) in [5.41, 5.74) is 4.04. The van der Waals surface area contributed by atoms with E-state index in [2.05, 4.69) is 58.1 Å². The first-order chi connectivity index (χ1) is 15.5. The molecule has 0 heterocycles. The minimum Gasteiger partial charge on any atom is -0.382 e. The van der Waals surface area contributed by atoms with Crippen LogP contribution < -0.4 is 9.50 Å². The van der Waals surface area contributed by atoms with Gasteiger partial charge in [0.15, 0.2) is 0 Å². The fraction of sp³-hybridized carbons (Fsp3) is 0.500. The normalized spacial score (nSPS) is 12.6. The molecule has 0 aromatic heterocycles. The molecule has 0 radical (unpaired) electrons. The number of amides is 2. The zero-order valence-electron chi connectivity index (χ0n) is 20.9. The van der Waals surface area contributed by atoms with Crippen LogP contribution in [0, 0.1) is 0 Å². The van der Waals surface area contributed by atoms with Crippen LogP contribution in [0.5, 0.6) is 5.75 Å². The van der Waals surface area contributed by atoms with Gasteiger partial charge in [-0.25, -0.2) is 4.79 Å². The van der Waals surface area contributed by atoms with Gasteiger partial charge in [-0.15, -0.1) is 0 Å². The van der Waals surface area contributed by atoms with Gasteiger partial charge in [0.1, 0.15) is 5.75 Å². The molecule has 2 amide bonds. The van der Waals surface area contributed by atoms with E-state index < -0.39 is 10.1 Å². The summed E-state index contributed by atoms with van der Waals surface area (Å²) in [6.07, 6.45) is 0.812. The van der Waals surface area contributed by atoms with Crippen molar-refractivity contribution in [3.8, 4) is 5.75 Å². The van der Waals surface area contributed by atoms with Crippen LogP contribution in [-0.2, 0) is 16.7 Å². The molecule has 182 valence electrons. The smallest absolute Gasteiger partial charge is 0.322 e. The fourth-order valence-corrected chi connectivity index (χ4v) is 4.10. The molecule has 2 rings (SSSR count). The molecular formula is C26H38N2O4S. The summed E-state index contributed by atoms with van der Waals surface area (Å²) in [5, 5.41) is 3.21. The van der Waals surface area contributed by atoms with Crippen molar-refractivity contribution < 1.29 is 17.4 Å². The Morgan fingerprint density at radius 3 is 1.94 bits per heavy atom. The first kappa shape index (κ1) is 26.7. The number of rotatable bonds is 10. The molecular weight excluding hydrogens is 436 g/mol. The largest absolute Gasteiger partial charge is 0.382 e. The average Bonchev–Trinajstić information content (AvgIpc) is 2.77. The van der Waals surface area contributed by atoms with Gasteiger partial charge < -0.3 is 14.4 Å². The van der Waals surface area contributed by atoms with Crippen molar-refractivity contribution >= 4 is 21.8 Å². The lowest BCUT2D eigenvalue weighted by molar-refractivity contribution is 0.187. The SMILES string of the molecule is CCC(C)N(Cc1ccc(OS(=O)(=O)CC)cc1)C(=O)Nc1c(C(C)C)cccc1C(C)C. The summed E-state index contributed by atoms with van der Waals surface area (Å²) in [6, 6.07) is 12.9. The maximum absolute atomic E-state index is 13.5. The second-order valence-electron chi connectivity index (χ2n) is 9.01. The van der Waals surface area contributed by atoms with Crippen molar-refractivity contribution in [1.82, 2.24) is 4.90 Å². The molecule has 0 aliphatic carbocycles. The highest BCUT2D eigenvalue weighted by Crippen LogP contribution is 2.33. The lowest BCUT2D eigenvalue weighted by Gasteiger charge is -2.30. The maximum atomic E-state index is 13.5. The molecule has 0 saturated carbocycles. The Morgan fingerprint density at radius 1 is 0.939 bits per heavy atom. The third kappa shape index (κ3) is 7.22. The first-order valence-corrected chi connectivity index (χ1v) is 13.3. The molecule has 0 aliphatic heterocycles. The zero-order valence-corrected chi connectivity index (χ0v) is 21.7. The van der Waals surface area contributed by atoms with Crippen molar-refractivity contribution in [3.63, 3.8) is 0 Å². The summed E-state index contributed by atoms with van der Waals surface area (Å²) in [4.78, 5) is 15.3. The molecule has 2 aromatic carbocycles. The Bertz CT molecular complexity index is 1000. The Labute approximate surface area is 199 Å². The number of para-hydroxylation sites is 1. The molecule has 33 heavy (non-hydrogen) atoms. The fourth-order valence-electron chi connectivity index (χ4n) is 3.57. The van der Waals surface area contributed by atoms with E-state index in [-0.39, 0.29) is 35.4 Å². The minimum atomic E-state index is -3.57. The van der Waals surface area contributed by atoms with E-state index in [1.54, 1.807) is 24.3 Å². The maximum Gasteiger partial charge on any atom is 0.322 e. The Kier molecular flexibility index (Phi) is 9.35. The monoisotopic (exact) mass is 474 g/mol. The molecule has 0 fully saturated rings. The van der Waals surface area contributed by atoms with Gasteiger partial charge in [0, 0.05) is 18.3 Å². The third-order valence-electron chi connectivity index (χ3n) is 5.84. The van der Waals surface area contributed by atoms with E-state index in [0.717, 1.165) is 28.8 Å². The van der Waals surface area contributed by atoms with Gasteiger partial charge in [-0.1, -0.05) is 65.0 Å². The number of nitrogens with one attached hydrogen (secondary N) is 1. The number of anilines is 1. The van der Waals surface area contributed by atoms with E-state index in [1.807, 2.05) is 11.8 Å². The summed E-state index contributed by atoms with van der Waals surface area (Å²) in [6.45, 7) is 14.5. The molecule has 1 N–H and O–H groups in total. The average molecular weight is 475 g/mol. The molecule has 0 spiro atoms. The summed E-state index contributed by atoms with van der Waals surface area (Å²) in [5.74, 6) is 0.742. The number of carbonyl (C=O) groups is 1. The Hall–Kier alpha value is -2.54. The predicted molar refractivity (Wildman–Crippen MR) is 135 cm³/mol. The standard InChI is InChI=1S/C26H38N2O4S/c1-8-20(7)28(17-21-13-15-22(16-14-21)32-33(30,31)9-2)26(29)27-25-23(18(3)4)11-10-12-24(25)19(5)6/h10-16,18-20H,8-9,17H2,1-7H3,(H,27,29). The molecule has 2 aromatic rings. The van der Waals surface area contributed by atoms with Crippen LogP contribution in [-0.4, -0.2) is 31.1 Å². The number of hydrogen-bond acceptors (Lipinski definition) is 4. The molecule has 6 nitrogen and oxygen atoms in total. The van der Waals surface area contributed by atoms with Crippen LogP contribution >= 0.6 is 0 Å². The second kappa shape index (κ2) is 11.5. The molecule has 0 saturated heterocycles. The minimum absolute atomic E-state index is 0.0232. The molecule has 1 atom stereocenters. The molecule has 1 unspecified atom stereocenters. The van der Waals surface area contributed by atoms with E-state index >= 15 is 0 Å². The van der Waals surface area contributed by atoms with Crippen LogP contribution in [0.15, 0.2) is 42.5 Å². The van der Waals surface area contributed by atoms with Gasteiger partial charge in [-0.3, -0.25) is 0 Å². The number of hydrogen-bond donors (Lipinski definition) is 1. The van der Waals surface area contributed by atoms with Gasteiger partial charge in [-0.05, 0) is 60.9 Å². The van der Waals surface area contributed by atoms with E-state index in [4.69, 9.17) is 4.18 Å². The van der Waals surface area contributed by atoms with Crippen molar-refractivity contribution in [2.45, 2.75) is 79.3 Å². The summed E-state index contributed by atoms with van der Waals surface area (Å²) in [7, 11) is -3.57. The van der Waals surface area contributed by atoms with Gasteiger partial charge in [0.25, 0.3) is 0 Å². The van der Waals surface area contributed by atoms with Crippen molar-refractivity contribution in [1.29, 1.82) is 0 Å². The highest BCUT2D eigenvalue weighted by atomic mass is 32.2. The van der Waals surface area contributed by atoms with Crippen molar-refractivity contribution in [2.75, 3.05) is 11.1 Å². The third-order valence-corrected chi connectivity index (χ3v) is 7.00. The van der Waals surface area contributed by atoms with Crippen LogP contribution in [0.25, 0.3) is 0 Å². The molecule has 7 heteroatoms. The Balaban J connectivity index is 2.29. The summed E-state index contributed by atoms with van der Waals surface area (Å²) >= 11 is 0. The van der Waals surface area contributed by atoms with Crippen LogP contribution in [0.1, 0.15) is 83.4 Å². The van der Waals surface area contributed by atoms with Gasteiger partial charge in [0.05, 0.1) is 5.75 Å². The molecule has 0 bridgehead atoms. The number of urea groups is 1. The van der Waals surface area contributed by atoms with Gasteiger partial charge >= 0.3 is 16.1 Å². The van der Waals surface area contributed by atoms with Gasteiger partial charge in [0.2, 0.25) is 0 Å². The lowest BCUT2D eigenvalue weighted by Crippen LogP contribution is -2.41. The van der Waals surface area contributed by atoms with Gasteiger partial charge in [-0.2, -0.15) is 8.42 Å². The van der Waals surface area contributed by atoms with E-state index in [9.17, 15) is 13.2 Å².